The molecule has 0 unspecified atom stereocenters. The largest absolute Gasteiger partial charge is 0.337 e. The molecule has 0 N–H and O–H groups in total. The second-order valence-corrected chi connectivity index (χ2v) is 9.90. The Balaban J connectivity index is 1.38. The number of carbonyl (C=O) groups is 1. The van der Waals surface area contributed by atoms with Gasteiger partial charge in [-0.25, -0.2) is 13.4 Å². The summed E-state index contributed by atoms with van der Waals surface area (Å²) in [6.45, 7) is 3.23. The molecular formula is C21H21N3O3S2. The smallest absolute Gasteiger partial charge is 0.246 e. The van der Waals surface area contributed by atoms with Gasteiger partial charge in [-0.1, -0.05) is 29.8 Å². The van der Waals surface area contributed by atoms with Gasteiger partial charge in [0.05, 0.1) is 15.1 Å². The highest BCUT2D eigenvalue weighted by molar-refractivity contribution is 7.89. The highest BCUT2D eigenvalue weighted by Gasteiger charge is 2.29. The average Bonchev–Trinajstić information content (AvgIpc) is 3.15. The Morgan fingerprint density at radius 3 is 2.41 bits per heavy atom. The number of amides is 1. The lowest BCUT2D eigenvalue weighted by Gasteiger charge is -2.33. The summed E-state index contributed by atoms with van der Waals surface area (Å²) in [5, 5.41) is 0.778. The average molecular weight is 428 g/mol. The Bertz CT molecular complexity index is 1130. The number of benzene rings is 2. The van der Waals surface area contributed by atoms with E-state index >= 15 is 0 Å². The zero-order chi connectivity index (χ0) is 20.4. The van der Waals surface area contributed by atoms with Crippen molar-refractivity contribution in [1.82, 2.24) is 14.2 Å². The maximum absolute atomic E-state index is 12.8. The second-order valence-electron chi connectivity index (χ2n) is 6.90. The molecule has 3 aromatic rings. The van der Waals surface area contributed by atoms with Crippen LogP contribution in [0.25, 0.3) is 16.3 Å². The summed E-state index contributed by atoms with van der Waals surface area (Å²) in [4.78, 5) is 18.9. The zero-order valence-electron chi connectivity index (χ0n) is 16.0. The quantitative estimate of drug-likeness (QED) is 0.600. The number of hydrogen-bond donors (Lipinski definition) is 0. The van der Waals surface area contributed by atoms with Crippen LogP contribution in [0.5, 0.6) is 0 Å². The molecule has 2 aromatic carbocycles. The molecule has 1 amide bonds. The van der Waals surface area contributed by atoms with E-state index in [-0.39, 0.29) is 19.0 Å². The van der Waals surface area contributed by atoms with Gasteiger partial charge >= 0.3 is 0 Å². The molecule has 0 saturated carbocycles. The molecule has 0 atom stereocenters. The fourth-order valence-corrected chi connectivity index (χ4v) is 5.51. The maximum atomic E-state index is 12.8. The molecule has 2 heterocycles. The maximum Gasteiger partial charge on any atom is 0.246 e. The Morgan fingerprint density at radius 1 is 1.03 bits per heavy atom. The first-order chi connectivity index (χ1) is 13.9. The van der Waals surface area contributed by atoms with Gasteiger partial charge in [0.2, 0.25) is 15.9 Å². The zero-order valence-corrected chi connectivity index (χ0v) is 17.6. The summed E-state index contributed by atoms with van der Waals surface area (Å²) >= 11 is 1.53. The van der Waals surface area contributed by atoms with Crippen LogP contribution in [0.4, 0.5) is 0 Å². The molecule has 1 aliphatic heterocycles. The summed E-state index contributed by atoms with van der Waals surface area (Å²) in [7, 11) is -3.53. The molecule has 0 radical (unpaired) electrons. The van der Waals surface area contributed by atoms with Crippen molar-refractivity contribution in [3.05, 3.63) is 65.2 Å². The Hall–Kier alpha value is -2.55. The molecule has 150 valence electrons. The number of rotatable bonds is 4. The SMILES string of the molecule is Cc1ccc(S(=O)(=O)N2CCN(C(=O)C=Cc3nc4ccccc4s3)CC2)cc1. The molecule has 8 heteroatoms. The van der Waals surface area contributed by atoms with Gasteiger partial charge in [0.25, 0.3) is 0 Å². The van der Waals surface area contributed by atoms with Crippen LogP contribution in [0.3, 0.4) is 0 Å². The fraction of sp³-hybridized carbons (Fsp3) is 0.238. The number of aryl methyl sites for hydroxylation is 1. The number of para-hydroxylation sites is 1. The number of sulfonamides is 1. The van der Waals surface area contributed by atoms with Gasteiger partial charge in [-0.05, 0) is 37.3 Å². The molecule has 1 aromatic heterocycles. The van der Waals surface area contributed by atoms with Crippen LogP contribution < -0.4 is 0 Å². The monoisotopic (exact) mass is 427 g/mol. The van der Waals surface area contributed by atoms with Crippen molar-refractivity contribution in [2.75, 3.05) is 26.2 Å². The predicted octanol–water partition coefficient (Wildman–Crippen LogP) is 3.15. The molecule has 6 nitrogen and oxygen atoms in total. The van der Waals surface area contributed by atoms with Crippen LogP contribution in [0.2, 0.25) is 0 Å². The van der Waals surface area contributed by atoms with Crippen LogP contribution in [0.1, 0.15) is 10.6 Å². The molecule has 29 heavy (non-hydrogen) atoms. The van der Waals surface area contributed by atoms with Crippen molar-refractivity contribution in [1.29, 1.82) is 0 Å². The Kier molecular flexibility index (Phi) is 5.49. The number of carbonyl (C=O) groups excluding carboxylic acids is 1. The topological polar surface area (TPSA) is 70.6 Å². The second kappa shape index (κ2) is 8.06. The number of hydrogen-bond acceptors (Lipinski definition) is 5. The van der Waals surface area contributed by atoms with E-state index in [9.17, 15) is 13.2 Å². The van der Waals surface area contributed by atoms with Gasteiger partial charge in [0, 0.05) is 32.3 Å². The standard InChI is InChI=1S/C21H21N3O3S2/c1-16-6-8-17(9-7-16)29(26,27)24-14-12-23(13-15-24)21(25)11-10-20-22-18-4-2-3-5-19(18)28-20/h2-11H,12-15H2,1H3. The van der Waals surface area contributed by atoms with E-state index in [1.807, 2.05) is 31.2 Å². The van der Waals surface area contributed by atoms with E-state index in [1.54, 1.807) is 35.2 Å². The van der Waals surface area contributed by atoms with Crippen molar-refractivity contribution in [3.63, 3.8) is 0 Å². The number of aromatic nitrogens is 1. The normalized spacial score (nSPS) is 16.0. The number of piperazine rings is 1. The van der Waals surface area contributed by atoms with Crippen molar-refractivity contribution < 1.29 is 13.2 Å². The van der Waals surface area contributed by atoms with Crippen molar-refractivity contribution in [3.8, 4) is 0 Å². The van der Waals surface area contributed by atoms with E-state index in [2.05, 4.69) is 4.98 Å². The van der Waals surface area contributed by atoms with Crippen LogP contribution in [-0.2, 0) is 14.8 Å². The summed E-state index contributed by atoms with van der Waals surface area (Å²) in [5.41, 5.74) is 1.93. The van der Waals surface area contributed by atoms with Crippen LogP contribution in [0.15, 0.2) is 59.5 Å². The first-order valence-electron chi connectivity index (χ1n) is 9.33. The van der Waals surface area contributed by atoms with E-state index in [4.69, 9.17) is 0 Å². The van der Waals surface area contributed by atoms with Gasteiger partial charge in [0.1, 0.15) is 5.01 Å². The summed E-state index contributed by atoms with van der Waals surface area (Å²) < 4.78 is 28.1. The van der Waals surface area contributed by atoms with Gasteiger partial charge in [-0.15, -0.1) is 11.3 Å². The first kappa shape index (κ1) is 19.8. The van der Waals surface area contributed by atoms with E-state index in [0.717, 1.165) is 20.8 Å². The van der Waals surface area contributed by atoms with E-state index < -0.39 is 10.0 Å². The van der Waals surface area contributed by atoms with Gasteiger partial charge in [-0.3, -0.25) is 4.79 Å². The van der Waals surface area contributed by atoms with Crippen molar-refractivity contribution >= 4 is 43.6 Å². The minimum absolute atomic E-state index is 0.128. The fourth-order valence-electron chi connectivity index (χ4n) is 3.22. The van der Waals surface area contributed by atoms with Crippen LogP contribution in [-0.4, -0.2) is 54.7 Å². The molecule has 0 aliphatic carbocycles. The Morgan fingerprint density at radius 2 is 1.72 bits per heavy atom. The number of nitrogens with zero attached hydrogens (tertiary/aromatic N) is 3. The molecule has 4 rings (SSSR count). The molecular weight excluding hydrogens is 406 g/mol. The predicted molar refractivity (Wildman–Crippen MR) is 115 cm³/mol. The van der Waals surface area contributed by atoms with Crippen molar-refractivity contribution in [2.45, 2.75) is 11.8 Å². The third-order valence-corrected chi connectivity index (χ3v) is 7.80. The summed E-state index contributed by atoms with van der Waals surface area (Å²) in [6.07, 6.45) is 3.24. The van der Waals surface area contributed by atoms with E-state index in [0.29, 0.717) is 18.0 Å². The lowest BCUT2D eigenvalue weighted by molar-refractivity contribution is -0.127. The Labute approximate surface area is 174 Å². The summed E-state index contributed by atoms with van der Waals surface area (Å²) in [5.74, 6) is -0.128. The molecule has 0 bridgehead atoms. The van der Waals surface area contributed by atoms with E-state index in [1.165, 1.54) is 21.7 Å². The van der Waals surface area contributed by atoms with Crippen LogP contribution >= 0.6 is 11.3 Å². The van der Waals surface area contributed by atoms with Crippen molar-refractivity contribution in [2.24, 2.45) is 0 Å². The molecule has 1 saturated heterocycles. The lowest BCUT2D eigenvalue weighted by atomic mass is 10.2. The molecule has 1 aliphatic rings. The van der Waals surface area contributed by atoms with Gasteiger partial charge < -0.3 is 4.90 Å². The first-order valence-corrected chi connectivity index (χ1v) is 11.6. The summed E-state index contributed by atoms with van der Waals surface area (Å²) in [6, 6.07) is 14.7. The number of thiazole rings is 1. The van der Waals surface area contributed by atoms with Gasteiger partial charge in [-0.2, -0.15) is 4.31 Å². The molecule has 1 fully saturated rings. The lowest BCUT2D eigenvalue weighted by Crippen LogP contribution is -2.50. The van der Waals surface area contributed by atoms with Gasteiger partial charge in [0.15, 0.2) is 0 Å². The highest BCUT2D eigenvalue weighted by atomic mass is 32.2. The minimum atomic E-state index is -3.53. The minimum Gasteiger partial charge on any atom is -0.337 e. The molecule has 0 spiro atoms. The van der Waals surface area contributed by atoms with Crippen LogP contribution in [0, 0.1) is 6.92 Å². The third-order valence-electron chi connectivity index (χ3n) is 4.89. The third kappa shape index (κ3) is 4.24. The number of fused-ring (bicyclic) bond motifs is 1. The highest BCUT2D eigenvalue weighted by Crippen LogP contribution is 2.23.